The molecular weight excluding hydrogens is 395 g/mol. The zero-order chi connectivity index (χ0) is 18.6. The SMILES string of the molecule is COc1cc(O)c(C(=O)C=Cc2ccc(F)c(Br)c2)c(OC)c1OC. The average Bonchev–Trinajstić information content (AvgIpc) is 2.61. The lowest BCUT2D eigenvalue weighted by Crippen LogP contribution is -2.03. The van der Waals surface area contributed by atoms with Crippen LogP contribution in [0.5, 0.6) is 23.0 Å². The molecule has 0 atom stereocenters. The zero-order valence-electron chi connectivity index (χ0n) is 13.8. The summed E-state index contributed by atoms with van der Waals surface area (Å²) in [6, 6.07) is 5.61. The van der Waals surface area contributed by atoms with Crippen LogP contribution in [0, 0.1) is 5.82 Å². The van der Waals surface area contributed by atoms with E-state index in [1.165, 1.54) is 57.7 Å². The summed E-state index contributed by atoms with van der Waals surface area (Å²) in [6.07, 6.45) is 2.76. The van der Waals surface area contributed by atoms with Crippen molar-refractivity contribution in [1.82, 2.24) is 0 Å². The number of methoxy groups -OCH3 is 3. The van der Waals surface area contributed by atoms with Crippen molar-refractivity contribution in [1.29, 1.82) is 0 Å². The van der Waals surface area contributed by atoms with Crippen LogP contribution in [0.3, 0.4) is 0 Å². The molecule has 0 bridgehead atoms. The minimum atomic E-state index is -0.504. The summed E-state index contributed by atoms with van der Waals surface area (Å²) >= 11 is 3.08. The first-order valence-electron chi connectivity index (χ1n) is 7.12. The van der Waals surface area contributed by atoms with Crippen LogP contribution in [0.2, 0.25) is 0 Å². The molecule has 0 saturated heterocycles. The molecule has 7 heteroatoms. The minimum Gasteiger partial charge on any atom is -0.507 e. The number of carbonyl (C=O) groups is 1. The normalized spacial score (nSPS) is 10.8. The lowest BCUT2D eigenvalue weighted by molar-refractivity contribution is 0.104. The van der Waals surface area contributed by atoms with Crippen molar-refractivity contribution < 1.29 is 28.5 Å². The summed E-state index contributed by atoms with van der Waals surface area (Å²) in [4.78, 5) is 12.5. The van der Waals surface area contributed by atoms with Crippen molar-refractivity contribution >= 4 is 27.8 Å². The third-order valence-corrected chi connectivity index (χ3v) is 4.03. The highest BCUT2D eigenvalue weighted by Gasteiger charge is 2.24. The molecule has 0 aliphatic carbocycles. The number of ketones is 1. The van der Waals surface area contributed by atoms with E-state index in [1.807, 2.05) is 0 Å². The van der Waals surface area contributed by atoms with Gasteiger partial charge >= 0.3 is 0 Å². The van der Waals surface area contributed by atoms with E-state index in [2.05, 4.69) is 15.9 Å². The molecule has 0 amide bonds. The van der Waals surface area contributed by atoms with Gasteiger partial charge in [0.1, 0.15) is 17.1 Å². The average molecular weight is 411 g/mol. The van der Waals surface area contributed by atoms with E-state index in [4.69, 9.17) is 14.2 Å². The molecule has 0 unspecified atom stereocenters. The van der Waals surface area contributed by atoms with E-state index in [0.29, 0.717) is 5.56 Å². The molecule has 2 rings (SSSR count). The van der Waals surface area contributed by atoms with Gasteiger partial charge in [-0.25, -0.2) is 4.39 Å². The van der Waals surface area contributed by atoms with Crippen LogP contribution in [0.4, 0.5) is 4.39 Å². The molecule has 0 spiro atoms. The molecule has 0 aliphatic heterocycles. The van der Waals surface area contributed by atoms with Gasteiger partial charge in [0, 0.05) is 6.07 Å². The van der Waals surface area contributed by atoms with Crippen molar-refractivity contribution in [3.63, 3.8) is 0 Å². The maximum Gasteiger partial charge on any atom is 0.204 e. The van der Waals surface area contributed by atoms with E-state index in [1.54, 1.807) is 0 Å². The number of phenols is 1. The van der Waals surface area contributed by atoms with Crippen LogP contribution >= 0.6 is 15.9 Å². The van der Waals surface area contributed by atoms with Gasteiger partial charge in [0.15, 0.2) is 17.3 Å². The fourth-order valence-corrected chi connectivity index (χ4v) is 2.65. The first-order valence-corrected chi connectivity index (χ1v) is 7.91. The Bertz CT molecular complexity index is 833. The quantitative estimate of drug-likeness (QED) is 0.570. The monoisotopic (exact) mass is 410 g/mol. The second-order valence-corrected chi connectivity index (χ2v) is 5.76. The molecule has 0 radical (unpaired) electrons. The molecule has 1 N–H and O–H groups in total. The van der Waals surface area contributed by atoms with E-state index in [9.17, 15) is 14.3 Å². The lowest BCUT2D eigenvalue weighted by atomic mass is 10.1. The predicted octanol–water partition coefficient (Wildman–Crippen LogP) is 4.22. The number of aromatic hydroxyl groups is 1. The lowest BCUT2D eigenvalue weighted by Gasteiger charge is -2.15. The molecule has 0 aliphatic rings. The first-order chi connectivity index (χ1) is 11.9. The fraction of sp³-hybridized carbons (Fsp3) is 0.167. The molecule has 2 aromatic rings. The van der Waals surface area contributed by atoms with Gasteiger partial charge in [-0.3, -0.25) is 4.79 Å². The topological polar surface area (TPSA) is 65.0 Å². The van der Waals surface area contributed by atoms with Gasteiger partial charge in [-0.05, 0) is 39.7 Å². The zero-order valence-corrected chi connectivity index (χ0v) is 15.4. The number of rotatable bonds is 6. The fourth-order valence-electron chi connectivity index (χ4n) is 2.25. The number of phenolic OH excluding ortho intramolecular Hbond substituents is 1. The van der Waals surface area contributed by atoms with Gasteiger partial charge in [-0.1, -0.05) is 12.1 Å². The summed E-state index contributed by atoms with van der Waals surface area (Å²) in [6.45, 7) is 0. The van der Waals surface area contributed by atoms with Crippen LogP contribution in [-0.4, -0.2) is 32.2 Å². The van der Waals surface area contributed by atoms with Crippen LogP contribution < -0.4 is 14.2 Å². The molecule has 0 aromatic heterocycles. The molecule has 5 nitrogen and oxygen atoms in total. The molecule has 132 valence electrons. The summed E-state index contributed by atoms with van der Waals surface area (Å²) in [5.74, 6) is -0.707. The number of hydrogen-bond acceptors (Lipinski definition) is 5. The number of ether oxygens (including phenoxy) is 3. The Morgan fingerprint density at radius 3 is 2.36 bits per heavy atom. The number of carbonyl (C=O) groups excluding carboxylic acids is 1. The van der Waals surface area contributed by atoms with Crippen LogP contribution in [0.15, 0.2) is 34.8 Å². The van der Waals surface area contributed by atoms with Crippen LogP contribution in [-0.2, 0) is 0 Å². The second-order valence-electron chi connectivity index (χ2n) is 4.91. The van der Waals surface area contributed by atoms with Gasteiger partial charge in [0.2, 0.25) is 5.75 Å². The predicted molar refractivity (Wildman–Crippen MR) is 95.2 cm³/mol. The maximum atomic E-state index is 13.3. The van der Waals surface area contributed by atoms with E-state index < -0.39 is 11.6 Å². The van der Waals surface area contributed by atoms with Gasteiger partial charge in [0.25, 0.3) is 0 Å². The van der Waals surface area contributed by atoms with E-state index >= 15 is 0 Å². The Morgan fingerprint density at radius 1 is 1.12 bits per heavy atom. The Morgan fingerprint density at radius 2 is 1.80 bits per heavy atom. The van der Waals surface area contributed by atoms with Gasteiger partial charge in [0.05, 0.1) is 25.8 Å². The number of hydrogen-bond donors (Lipinski definition) is 1. The van der Waals surface area contributed by atoms with Crippen molar-refractivity contribution in [2.45, 2.75) is 0 Å². The Balaban J connectivity index is 2.44. The molecule has 0 heterocycles. The maximum absolute atomic E-state index is 13.3. The Labute approximate surface area is 152 Å². The summed E-state index contributed by atoms with van der Waals surface area (Å²) in [7, 11) is 4.16. The smallest absolute Gasteiger partial charge is 0.204 e. The third kappa shape index (κ3) is 3.93. The van der Waals surface area contributed by atoms with Crippen molar-refractivity contribution in [3.05, 3.63) is 51.8 Å². The van der Waals surface area contributed by atoms with Gasteiger partial charge in [-0.2, -0.15) is 0 Å². The summed E-state index contributed by atoms with van der Waals surface area (Å²) in [5, 5.41) is 10.2. The minimum absolute atomic E-state index is 0.0578. The summed E-state index contributed by atoms with van der Waals surface area (Å²) in [5.41, 5.74) is 0.554. The van der Waals surface area contributed by atoms with Crippen molar-refractivity contribution in [2.24, 2.45) is 0 Å². The largest absolute Gasteiger partial charge is 0.507 e. The molecule has 25 heavy (non-hydrogen) atoms. The van der Waals surface area contributed by atoms with Crippen molar-refractivity contribution in [3.8, 4) is 23.0 Å². The highest BCUT2D eigenvalue weighted by atomic mass is 79.9. The highest BCUT2D eigenvalue weighted by Crippen LogP contribution is 2.44. The number of benzene rings is 2. The third-order valence-electron chi connectivity index (χ3n) is 3.43. The molecular formula is C18H16BrFO5. The van der Waals surface area contributed by atoms with E-state index in [-0.39, 0.29) is 33.0 Å². The molecule has 0 saturated carbocycles. The van der Waals surface area contributed by atoms with Gasteiger partial charge in [-0.15, -0.1) is 0 Å². The highest BCUT2D eigenvalue weighted by molar-refractivity contribution is 9.10. The Hall–Kier alpha value is -2.54. The standard InChI is InChI=1S/C18H16BrFO5/c1-23-15-9-14(22)16(18(25-3)17(15)24-2)13(21)7-5-10-4-6-12(20)11(19)8-10/h4-9,22H,1-3H3. The summed E-state index contributed by atoms with van der Waals surface area (Å²) < 4.78 is 29.1. The van der Waals surface area contributed by atoms with Crippen molar-refractivity contribution in [2.75, 3.05) is 21.3 Å². The van der Waals surface area contributed by atoms with Crippen LogP contribution in [0.25, 0.3) is 6.08 Å². The second kappa shape index (κ2) is 8.02. The first kappa shape index (κ1) is 18.8. The molecule has 0 fully saturated rings. The van der Waals surface area contributed by atoms with E-state index in [0.717, 1.165) is 0 Å². The number of halogens is 2. The number of allylic oxidation sites excluding steroid dienone is 1. The Kier molecular flexibility index (Phi) is 6.03. The van der Waals surface area contributed by atoms with Gasteiger partial charge < -0.3 is 19.3 Å². The van der Waals surface area contributed by atoms with Crippen LogP contribution in [0.1, 0.15) is 15.9 Å². The molecule has 2 aromatic carbocycles.